The predicted molar refractivity (Wildman–Crippen MR) is 138 cm³/mol. The Morgan fingerprint density at radius 2 is 1.82 bits per heavy atom. The summed E-state index contributed by atoms with van der Waals surface area (Å²) in [5.41, 5.74) is 4.77. The molecule has 1 fully saturated rings. The van der Waals surface area contributed by atoms with Crippen molar-refractivity contribution in [2.45, 2.75) is 6.92 Å². The van der Waals surface area contributed by atoms with Gasteiger partial charge in [0, 0.05) is 61.1 Å². The monoisotopic (exact) mass is 464 g/mol. The Labute approximate surface area is 200 Å². The molecule has 0 spiro atoms. The zero-order valence-electron chi connectivity index (χ0n) is 19.2. The third kappa shape index (κ3) is 5.38. The van der Waals surface area contributed by atoms with Crippen molar-refractivity contribution in [3.63, 3.8) is 0 Å². The maximum atomic E-state index is 6.24. The molecule has 4 rings (SSSR count). The number of ether oxygens (including phenoxy) is 1. The SMILES string of the molecule is C=Cc1cnc(Nc2ccc(N3CCN(C)CC3)cc2)nc1Nc1cc(OC)c(Cl)cc1C. The lowest BCUT2D eigenvalue weighted by Gasteiger charge is -2.34. The molecule has 2 aromatic carbocycles. The van der Waals surface area contributed by atoms with E-state index in [0.29, 0.717) is 22.5 Å². The lowest BCUT2D eigenvalue weighted by Crippen LogP contribution is -2.44. The molecule has 2 N–H and O–H groups in total. The molecular formula is C25H29ClN6O. The highest BCUT2D eigenvalue weighted by molar-refractivity contribution is 6.32. The average molecular weight is 465 g/mol. The van der Waals surface area contributed by atoms with Crippen LogP contribution in [0.5, 0.6) is 5.75 Å². The Bertz CT molecular complexity index is 1130. The molecule has 1 aliphatic heterocycles. The van der Waals surface area contributed by atoms with Crippen LogP contribution in [0.25, 0.3) is 6.08 Å². The molecule has 172 valence electrons. The molecule has 0 aliphatic carbocycles. The first-order valence-electron chi connectivity index (χ1n) is 10.9. The quantitative estimate of drug-likeness (QED) is 0.490. The number of likely N-dealkylation sites (N-methyl/N-ethyl adjacent to an activating group) is 1. The molecule has 33 heavy (non-hydrogen) atoms. The number of hydrogen-bond donors (Lipinski definition) is 2. The van der Waals surface area contributed by atoms with E-state index in [9.17, 15) is 0 Å². The zero-order chi connectivity index (χ0) is 23.4. The van der Waals surface area contributed by atoms with Crippen molar-refractivity contribution < 1.29 is 4.74 Å². The summed E-state index contributed by atoms with van der Waals surface area (Å²) in [7, 11) is 3.76. The Morgan fingerprint density at radius 1 is 1.09 bits per heavy atom. The standard InChI is InChI=1S/C25H29ClN6O/c1-5-18-16-27-25(30-24(18)29-22-15-23(33-4)21(26)14-17(22)2)28-19-6-8-20(9-7-19)32-12-10-31(3)11-13-32/h5-9,14-16H,1,10-13H2,2-4H3,(H2,27,28,29,30). The maximum Gasteiger partial charge on any atom is 0.229 e. The second-order valence-electron chi connectivity index (χ2n) is 8.09. The van der Waals surface area contributed by atoms with Crippen LogP contribution >= 0.6 is 11.6 Å². The smallest absolute Gasteiger partial charge is 0.229 e. The lowest BCUT2D eigenvalue weighted by atomic mass is 10.2. The van der Waals surface area contributed by atoms with Crippen LogP contribution in [0.2, 0.25) is 5.02 Å². The zero-order valence-corrected chi connectivity index (χ0v) is 20.0. The highest BCUT2D eigenvalue weighted by Gasteiger charge is 2.14. The van der Waals surface area contributed by atoms with Crippen LogP contribution in [-0.2, 0) is 0 Å². The van der Waals surface area contributed by atoms with Crippen molar-refractivity contribution >= 4 is 46.5 Å². The summed E-state index contributed by atoms with van der Waals surface area (Å²) in [6.45, 7) is 10.1. The van der Waals surface area contributed by atoms with Gasteiger partial charge < -0.3 is 25.2 Å². The number of methoxy groups -OCH3 is 1. The van der Waals surface area contributed by atoms with E-state index < -0.39 is 0 Å². The molecule has 1 saturated heterocycles. The average Bonchev–Trinajstić information content (AvgIpc) is 2.82. The minimum Gasteiger partial charge on any atom is -0.495 e. The van der Waals surface area contributed by atoms with Crippen molar-refractivity contribution in [3.8, 4) is 5.75 Å². The van der Waals surface area contributed by atoms with E-state index in [4.69, 9.17) is 16.3 Å². The van der Waals surface area contributed by atoms with Crippen LogP contribution < -0.4 is 20.3 Å². The van der Waals surface area contributed by atoms with Gasteiger partial charge in [0.05, 0.1) is 12.1 Å². The van der Waals surface area contributed by atoms with Crippen LogP contribution in [0.1, 0.15) is 11.1 Å². The van der Waals surface area contributed by atoms with Gasteiger partial charge >= 0.3 is 0 Å². The van der Waals surface area contributed by atoms with E-state index in [1.54, 1.807) is 19.4 Å². The number of aryl methyl sites for hydroxylation is 1. The Kier molecular flexibility index (Phi) is 7.01. The van der Waals surface area contributed by atoms with Crippen molar-refractivity contribution in [2.24, 2.45) is 0 Å². The number of nitrogens with zero attached hydrogens (tertiary/aromatic N) is 4. The summed E-state index contributed by atoms with van der Waals surface area (Å²) in [6, 6.07) is 12.1. The van der Waals surface area contributed by atoms with Crippen LogP contribution in [0.15, 0.2) is 49.2 Å². The third-order valence-corrected chi connectivity index (χ3v) is 6.08. The van der Waals surface area contributed by atoms with E-state index in [1.807, 2.05) is 19.1 Å². The van der Waals surface area contributed by atoms with Crippen molar-refractivity contribution in [2.75, 3.05) is 55.9 Å². The molecule has 1 aliphatic rings. The van der Waals surface area contributed by atoms with Crippen LogP contribution in [-0.4, -0.2) is 55.2 Å². The molecule has 0 atom stereocenters. The minimum atomic E-state index is 0.494. The fourth-order valence-electron chi connectivity index (χ4n) is 3.72. The van der Waals surface area contributed by atoms with Gasteiger partial charge in [-0.25, -0.2) is 4.98 Å². The molecule has 0 amide bonds. The number of hydrogen-bond acceptors (Lipinski definition) is 7. The molecule has 0 saturated carbocycles. The number of aromatic nitrogens is 2. The summed E-state index contributed by atoms with van der Waals surface area (Å²) in [5.74, 6) is 1.73. The van der Waals surface area contributed by atoms with Gasteiger partial charge in [-0.2, -0.15) is 4.98 Å². The first kappa shape index (κ1) is 22.9. The molecule has 3 aromatic rings. The topological polar surface area (TPSA) is 65.6 Å². The number of nitrogens with one attached hydrogen (secondary N) is 2. The maximum absolute atomic E-state index is 6.24. The van der Waals surface area contributed by atoms with Crippen LogP contribution in [0, 0.1) is 6.92 Å². The molecule has 2 heterocycles. The first-order chi connectivity index (χ1) is 16.0. The Hall–Kier alpha value is -3.29. The molecule has 1 aromatic heterocycles. The normalized spacial score (nSPS) is 14.1. The van der Waals surface area contributed by atoms with Gasteiger partial charge in [0.2, 0.25) is 5.95 Å². The van der Waals surface area contributed by atoms with Crippen molar-refractivity contribution in [1.82, 2.24) is 14.9 Å². The first-order valence-corrected chi connectivity index (χ1v) is 11.3. The number of benzene rings is 2. The van der Waals surface area contributed by atoms with Crippen LogP contribution in [0.3, 0.4) is 0 Å². The van der Waals surface area contributed by atoms with E-state index in [2.05, 4.69) is 68.3 Å². The van der Waals surface area contributed by atoms with Gasteiger partial charge in [0.25, 0.3) is 0 Å². The third-order valence-electron chi connectivity index (χ3n) is 5.78. The van der Waals surface area contributed by atoms with E-state index in [1.165, 1.54) is 5.69 Å². The largest absolute Gasteiger partial charge is 0.495 e. The second-order valence-corrected chi connectivity index (χ2v) is 8.50. The molecule has 7 nitrogen and oxygen atoms in total. The van der Waals surface area contributed by atoms with E-state index in [0.717, 1.165) is 48.7 Å². The van der Waals surface area contributed by atoms with E-state index >= 15 is 0 Å². The lowest BCUT2D eigenvalue weighted by molar-refractivity contribution is 0.313. The van der Waals surface area contributed by atoms with Gasteiger partial charge in [0.1, 0.15) is 11.6 Å². The minimum absolute atomic E-state index is 0.494. The van der Waals surface area contributed by atoms with Crippen molar-refractivity contribution in [1.29, 1.82) is 0 Å². The highest BCUT2D eigenvalue weighted by Crippen LogP contribution is 2.33. The van der Waals surface area contributed by atoms with Gasteiger partial charge in [-0.1, -0.05) is 24.3 Å². The predicted octanol–water partition coefficient (Wildman–Crippen LogP) is 5.33. The Balaban J connectivity index is 1.52. The molecular weight excluding hydrogens is 436 g/mol. The molecule has 0 unspecified atom stereocenters. The van der Waals surface area contributed by atoms with Crippen LogP contribution in [0.4, 0.5) is 28.8 Å². The summed E-state index contributed by atoms with van der Waals surface area (Å²) in [5, 5.41) is 7.22. The number of halogens is 1. The Morgan fingerprint density at radius 3 is 2.48 bits per heavy atom. The van der Waals surface area contributed by atoms with Gasteiger partial charge in [-0.05, 0) is 49.9 Å². The van der Waals surface area contributed by atoms with Gasteiger partial charge in [-0.15, -0.1) is 0 Å². The number of anilines is 5. The fraction of sp³-hybridized carbons (Fsp3) is 0.280. The van der Waals surface area contributed by atoms with Crippen molar-refractivity contribution in [3.05, 3.63) is 65.3 Å². The van der Waals surface area contributed by atoms with E-state index in [-0.39, 0.29) is 0 Å². The fourth-order valence-corrected chi connectivity index (χ4v) is 4.02. The second kappa shape index (κ2) is 10.1. The number of piperazine rings is 1. The summed E-state index contributed by atoms with van der Waals surface area (Å²) in [4.78, 5) is 13.9. The summed E-state index contributed by atoms with van der Waals surface area (Å²) in [6.07, 6.45) is 3.46. The molecule has 0 bridgehead atoms. The summed E-state index contributed by atoms with van der Waals surface area (Å²) < 4.78 is 5.35. The summed E-state index contributed by atoms with van der Waals surface area (Å²) >= 11 is 6.24. The molecule has 0 radical (unpaired) electrons. The number of rotatable bonds is 7. The van der Waals surface area contributed by atoms with Gasteiger partial charge in [-0.3, -0.25) is 0 Å². The molecule has 8 heteroatoms. The van der Waals surface area contributed by atoms with Gasteiger partial charge in [0.15, 0.2) is 0 Å². The highest BCUT2D eigenvalue weighted by atomic mass is 35.5.